The Labute approximate surface area is 164 Å². The molecule has 130 valence electrons. The van der Waals surface area contributed by atoms with Gasteiger partial charge in [0.2, 0.25) is 0 Å². The molecule has 0 aliphatic carbocycles. The minimum absolute atomic E-state index is 0. The molecular formula is C17H23IN4OS. The molecular weight excluding hydrogens is 435 g/mol. The Morgan fingerprint density at radius 1 is 1.04 bits per heavy atom. The first-order chi connectivity index (χ1) is 11.3. The number of halogens is 1. The Morgan fingerprint density at radius 2 is 1.79 bits per heavy atom. The van der Waals surface area contributed by atoms with Gasteiger partial charge < -0.3 is 16.0 Å². The van der Waals surface area contributed by atoms with E-state index in [9.17, 15) is 4.79 Å². The number of carbonyl (C=O) groups excluding carboxylic acids is 1. The average molecular weight is 458 g/mol. The molecule has 2 rings (SSSR count). The van der Waals surface area contributed by atoms with Crippen LogP contribution < -0.4 is 16.0 Å². The summed E-state index contributed by atoms with van der Waals surface area (Å²) in [4.78, 5) is 17.7. The molecule has 0 radical (unpaired) electrons. The van der Waals surface area contributed by atoms with E-state index in [2.05, 4.69) is 27.0 Å². The second-order valence-corrected chi connectivity index (χ2v) is 5.86. The molecule has 0 spiro atoms. The fourth-order valence-electron chi connectivity index (χ4n) is 1.95. The van der Waals surface area contributed by atoms with E-state index in [0.717, 1.165) is 12.5 Å². The van der Waals surface area contributed by atoms with Gasteiger partial charge in [0.25, 0.3) is 5.91 Å². The van der Waals surface area contributed by atoms with Crippen LogP contribution in [-0.4, -0.2) is 31.5 Å². The lowest BCUT2D eigenvalue weighted by Crippen LogP contribution is -2.41. The van der Waals surface area contributed by atoms with E-state index in [-0.39, 0.29) is 29.9 Å². The second-order valence-electron chi connectivity index (χ2n) is 4.82. The normalized spacial score (nSPS) is 10.6. The Morgan fingerprint density at radius 3 is 2.46 bits per heavy atom. The van der Waals surface area contributed by atoms with Gasteiger partial charge in [-0.2, -0.15) is 0 Å². The van der Waals surface area contributed by atoms with Crippen molar-refractivity contribution in [3.05, 3.63) is 58.3 Å². The predicted molar refractivity (Wildman–Crippen MR) is 111 cm³/mol. The summed E-state index contributed by atoms with van der Waals surface area (Å²) >= 11 is 1.69. The van der Waals surface area contributed by atoms with E-state index in [1.807, 2.05) is 36.6 Å². The minimum Gasteiger partial charge on any atom is -0.357 e. The molecule has 2 aromatic rings. The van der Waals surface area contributed by atoms with E-state index in [1.54, 1.807) is 23.5 Å². The summed E-state index contributed by atoms with van der Waals surface area (Å²) in [6.07, 6.45) is 0. The molecule has 0 aliphatic rings. The van der Waals surface area contributed by atoms with Crippen LogP contribution >= 0.6 is 35.3 Å². The molecule has 3 N–H and O–H groups in total. The summed E-state index contributed by atoms with van der Waals surface area (Å²) in [5, 5.41) is 11.3. The van der Waals surface area contributed by atoms with E-state index >= 15 is 0 Å². The number of thiophene rings is 1. The second kappa shape index (κ2) is 11.9. The first-order valence-electron chi connectivity index (χ1n) is 7.67. The van der Waals surface area contributed by atoms with Crippen molar-refractivity contribution >= 4 is 47.2 Å². The number of nitrogens with one attached hydrogen (secondary N) is 3. The molecule has 1 heterocycles. The Hall–Kier alpha value is -1.61. The molecule has 7 heteroatoms. The molecule has 0 unspecified atom stereocenters. The molecule has 0 atom stereocenters. The van der Waals surface area contributed by atoms with Gasteiger partial charge in [-0.15, -0.1) is 35.3 Å². The Bertz CT molecular complexity index is 617. The van der Waals surface area contributed by atoms with Crippen LogP contribution in [0.2, 0.25) is 0 Å². The van der Waals surface area contributed by atoms with Crippen LogP contribution in [0, 0.1) is 0 Å². The molecule has 0 bridgehead atoms. The maximum atomic E-state index is 11.9. The van der Waals surface area contributed by atoms with Gasteiger partial charge in [0.15, 0.2) is 5.96 Å². The Kier molecular flexibility index (Phi) is 10.1. The Balaban J connectivity index is 0.00000288. The topological polar surface area (TPSA) is 65.5 Å². The molecule has 5 nitrogen and oxygen atoms in total. The largest absolute Gasteiger partial charge is 0.357 e. The van der Waals surface area contributed by atoms with Gasteiger partial charge in [-0.1, -0.05) is 24.3 Å². The van der Waals surface area contributed by atoms with Crippen LogP contribution in [0.15, 0.2) is 52.8 Å². The number of nitrogens with zero attached hydrogens (tertiary/aromatic N) is 1. The highest BCUT2D eigenvalue weighted by molar-refractivity contribution is 14.0. The zero-order chi connectivity index (χ0) is 16.3. The van der Waals surface area contributed by atoms with E-state index < -0.39 is 0 Å². The van der Waals surface area contributed by atoms with Crippen LogP contribution in [0.25, 0.3) is 0 Å². The number of hydrogen-bond acceptors (Lipinski definition) is 3. The van der Waals surface area contributed by atoms with E-state index in [0.29, 0.717) is 25.2 Å². The van der Waals surface area contributed by atoms with Crippen LogP contribution in [0.4, 0.5) is 0 Å². The van der Waals surface area contributed by atoms with Gasteiger partial charge >= 0.3 is 0 Å². The molecule has 24 heavy (non-hydrogen) atoms. The fourth-order valence-corrected chi connectivity index (χ4v) is 2.58. The summed E-state index contributed by atoms with van der Waals surface area (Å²) in [7, 11) is 0. The van der Waals surface area contributed by atoms with Gasteiger partial charge in [0.1, 0.15) is 0 Å². The van der Waals surface area contributed by atoms with Crippen molar-refractivity contribution in [3.8, 4) is 0 Å². The van der Waals surface area contributed by atoms with Crippen molar-refractivity contribution < 1.29 is 4.79 Å². The van der Waals surface area contributed by atoms with Crippen LogP contribution in [0.1, 0.15) is 22.2 Å². The highest BCUT2D eigenvalue weighted by Gasteiger charge is 2.03. The summed E-state index contributed by atoms with van der Waals surface area (Å²) < 4.78 is 0. The van der Waals surface area contributed by atoms with Gasteiger partial charge in [0.05, 0.1) is 6.54 Å². The van der Waals surface area contributed by atoms with Crippen molar-refractivity contribution in [1.82, 2.24) is 16.0 Å². The van der Waals surface area contributed by atoms with Gasteiger partial charge in [-0.25, -0.2) is 4.99 Å². The standard InChI is InChI=1S/C17H22N4OS.HI/c1-2-18-17(21-13-15-9-6-12-23-15)20-11-10-19-16(22)14-7-4-3-5-8-14;/h3-9,12H,2,10-11,13H2,1H3,(H,19,22)(H2,18,20,21);1H. The maximum absolute atomic E-state index is 11.9. The molecule has 0 fully saturated rings. The predicted octanol–water partition coefficient (Wildman–Crippen LogP) is 2.85. The van der Waals surface area contributed by atoms with Gasteiger partial charge in [-0.3, -0.25) is 4.79 Å². The molecule has 1 aromatic heterocycles. The number of hydrogen-bond donors (Lipinski definition) is 3. The SMILES string of the molecule is CCNC(=NCc1cccs1)NCCNC(=O)c1ccccc1.I. The first-order valence-corrected chi connectivity index (χ1v) is 8.55. The lowest BCUT2D eigenvalue weighted by atomic mass is 10.2. The minimum atomic E-state index is -0.0621. The molecule has 1 aromatic carbocycles. The van der Waals surface area contributed by atoms with Crippen LogP contribution in [0.3, 0.4) is 0 Å². The lowest BCUT2D eigenvalue weighted by Gasteiger charge is -2.11. The quantitative estimate of drug-likeness (QED) is 0.259. The molecule has 0 saturated carbocycles. The third kappa shape index (κ3) is 7.31. The molecule has 0 aliphatic heterocycles. The van der Waals surface area contributed by atoms with Crippen molar-refractivity contribution in [1.29, 1.82) is 0 Å². The molecule has 1 amide bonds. The third-order valence-corrected chi connectivity index (χ3v) is 3.92. The fraction of sp³-hybridized carbons (Fsp3) is 0.294. The highest BCUT2D eigenvalue weighted by Crippen LogP contribution is 2.09. The van der Waals surface area contributed by atoms with Gasteiger partial charge in [0, 0.05) is 30.1 Å². The monoisotopic (exact) mass is 458 g/mol. The number of rotatable bonds is 7. The summed E-state index contributed by atoms with van der Waals surface area (Å²) in [5.74, 6) is 0.697. The summed E-state index contributed by atoms with van der Waals surface area (Å²) in [6.45, 7) is 4.64. The first kappa shape index (κ1) is 20.4. The number of benzene rings is 1. The van der Waals surface area contributed by atoms with Crippen molar-refractivity contribution in [2.45, 2.75) is 13.5 Å². The van der Waals surface area contributed by atoms with Crippen LogP contribution in [-0.2, 0) is 6.54 Å². The summed E-state index contributed by atoms with van der Waals surface area (Å²) in [5.41, 5.74) is 0.672. The zero-order valence-corrected chi connectivity index (χ0v) is 16.8. The smallest absolute Gasteiger partial charge is 0.251 e. The van der Waals surface area contributed by atoms with E-state index in [1.165, 1.54) is 4.88 Å². The number of aliphatic imine (C=N–C) groups is 1. The average Bonchev–Trinajstić information content (AvgIpc) is 3.10. The number of guanidine groups is 1. The van der Waals surface area contributed by atoms with Crippen molar-refractivity contribution in [3.63, 3.8) is 0 Å². The van der Waals surface area contributed by atoms with Gasteiger partial charge in [-0.05, 0) is 30.5 Å². The van der Waals surface area contributed by atoms with Crippen molar-refractivity contribution in [2.24, 2.45) is 4.99 Å². The highest BCUT2D eigenvalue weighted by atomic mass is 127. The number of carbonyl (C=O) groups is 1. The molecule has 0 saturated heterocycles. The lowest BCUT2D eigenvalue weighted by molar-refractivity contribution is 0.0954. The van der Waals surface area contributed by atoms with Crippen LogP contribution in [0.5, 0.6) is 0 Å². The maximum Gasteiger partial charge on any atom is 0.251 e. The summed E-state index contributed by atoms with van der Waals surface area (Å²) in [6, 6.07) is 13.3. The number of amides is 1. The van der Waals surface area contributed by atoms with E-state index in [4.69, 9.17) is 0 Å². The zero-order valence-electron chi connectivity index (χ0n) is 13.6. The van der Waals surface area contributed by atoms with Crippen molar-refractivity contribution in [2.75, 3.05) is 19.6 Å². The third-order valence-electron chi connectivity index (χ3n) is 3.06.